The number of anilines is 1. The zero-order valence-electron chi connectivity index (χ0n) is 13.9. The van der Waals surface area contributed by atoms with Gasteiger partial charge in [0.1, 0.15) is 0 Å². The molecule has 0 saturated heterocycles. The van der Waals surface area contributed by atoms with Gasteiger partial charge >= 0.3 is 6.03 Å². The second kappa shape index (κ2) is 12.9. The van der Waals surface area contributed by atoms with Gasteiger partial charge in [0.2, 0.25) is 0 Å². The molecule has 0 aliphatic rings. The average Bonchev–Trinajstić information content (AvgIpc) is 2.52. The highest BCUT2D eigenvalue weighted by Gasteiger charge is 1.98. The van der Waals surface area contributed by atoms with Crippen molar-refractivity contribution in [3.8, 4) is 0 Å². The Bertz CT molecular complexity index is 440. The molecule has 6 heteroatoms. The first kappa shape index (κ1) is 19.4. The van der Waals surface area contributed by atoms with Crippen LogP contribution in [0.5, 0.6) is 0 Å². The van der Waals surface area contributed by atoms with Crippen molar-refractivity contribution in [3.63, 3.8) is 0 Å². The quantitative estimate of drug-likeness (QED) is 0.418. The van der Waals surface area contributed by atoms with Crippen LogP contribution in [0.25, 0.3) is 0 Å². The van der Waals surface area contributed by atoms with Crippen molar-refractivity contribution in [1.29, 1.82) is 0 Å². The molecule has 0 unspecified atom stereocenters. The van der Waals surface area contributed by atoms with Crippen molar-refractivity contribution < 1.29 is 9.53 Å². The summed E-state index contributed by atoms with van der Waals surface area (Å²) in [4.78, 5) is 10.8. The van der Waals surface area contributed by atoms with Crippen LogP contribution < -0.4 is 22.1 Å². The molecule has 23 heavy (non-hydrogen) atoms. The Morgan fingerprint density at radius 3 is 2.65 bits per heavy atom. The Hall–Kier alpha value is -1.63. The van der Waals surface area contributed by atoms with Crippen LogP contribution in [0.4, 0.5) is 10.5 Å². The highest BCUT2D eigenvalue weighted by Crippen LogP contribution is 2.10. The number of nitrogens with one attached hydrogen (secondary N) is 2. The third-order valence-electron chi connectivity index (χ3n) is 3.41. The van der Waals surface area contributed by atoms with Gasteiger partial charge < -0.3 is 26.8 Å². The van der Waals surface area contributed by atoms with Crippen LogP contribution >= 0.6 is 0 Å². The molecule has 0 bridgehead atoms. The lowest BCUT2D eigenvalue weighted by Crippen LogP contribution is -2.20. The molecule has 0 atom stereocenters. The summed E-state index contributed by atoms with van der Waals surface area (Å²) in [5, 5.41) is 5.94. The van der Waals surface area contributed by atoms with Gasteiger partial charge in [0.25, 0.3) is 0 Å². The average molecular weight is 322 g/mol. The molecule has 0 aliphatic heterocycles. The first-order valence-corrected chi connectivity index (χ1v) is 8.36. The number of nitrogens with two attached hydrogens (primary N) is 2. The fourth-order valence-electron chi connectivity index (χ4n) is 2.24. The van der Waals surface area contributed by atoms with E-state index in [0.717, 1.165) is 63.4 Å². The number of ether oxygens (including phenoxy) is 1. The van der Waals surface area contributed by atoms with E-state index in [4.69, 9.17) is 16.2 Å². The molecule has 0 fully saturated rings. The summed E-state index contributed by atoms with van der Waals surface area (Å²) in [6, 6.07) is 7.09. The minimum Gasteiger partial charge on any atom is -0.381 e. The first-order valence-electron chi connectivity index (χ1n) is 8.36. The molecule has 6 nitrogen and oxygen atoms in total. The van der Waals surface area contributed by atoms with Crippen molar-refractivity contribution in [2.75, 3.05) is 31.6 Å². The molecule has 0 heterocycles. The Kier molecular flexibility index (Phi) is 10.9. The standard InChI is InChI=1S/C17H30N4O2/c18-9-3-1-2-4-11-23-12-6-10-20-14-15-7-5-8-16(13-15)21-17(19)22/h5,7-8,13,20H,1-4,6,9-12,14,18H2,(H3,19,21,22). The van der Waals surface area contributed by atoms with Gasteiger partial charge in [-0.2, -0.15) is 0 Å². The number of carbonyl (C=O) groups excluding carboxylic acids is 1. The maximum Gasteiger partial charge on any atom is 0.316 e. The largest absolute Gasteiger partial charge is 0.381 e. The number of unbranched alkanes of at least 4 members (excludes halogenated alkanes) is 3. The summed E-state index contributed by atoms with van der Waals surface area (Å²) in [7, 11) is 0. The summed E-state index contributed by atoms with van der Waals surface area (Å²) in [6.07, 6.45) is 5.62. The van der Waals surface area contributed by atoms with Crippen LogP contribution in [0.1, 0.15) is 37.7 Å². The number of benzene rings is 1. The SMILES string of the molecule is NCCCCCCOCCCNCc1cccc(NC(N)=O)c1. The van der Waals surface area contributed by atoms with Gasteiger partial charge in [-0.05, 0) is 50.0 Å². The van der Waals surface area contributed by atoms with Crippen molar-refractivity contribution in [2.24, 2.45) is 11.5 Å². The van der Waals surface area contributed by atoms with E-state index in [2.05, 4.69) is 10.6 Å². The number of carbonyl (C=O) groups is 1. The van der Waals surface area contributed by atoms with Crippen LogP contribution in [0.15, 0.2) is 24.3 Å². The van der Waals surface area contributed by atoms with Crippen molar-refractivity contribution in [3.05, 3.63) is 29.8 Å². The lowest BCUT2D eigenvalue weighted by atomic mass is 10.2. The smallest absolute Gasteiger partial charge is 0.316 e. The van der Waals surface area contributed by atoms with Crippen LogP contribution in [0.2, 0.25) is 0 Å². The number of hydrogen-bond acceptors (Lipinski definition) is 4. The van der Waals surface area contributed by atoms with Gasteiger partial charge in [0, 0.05) is 25.4 Å². The summed E-state index contributed by atoms with van der Waals surface area (Å²) in [6.45, 7) is 4.07. The number of primary amides is 1. The second-order valence-electron chi connectivity index (χ2n) is 5.54. The molecule has 130 valence electrons. The molecular formula is C17H30N4O2. The molecule has 1 aromatic carbocycles. The van der Waals surface area contributed by atoms with Gasteiger partial charge in [0.15, 0.2) is 0 Å². The third kappa shape index (κ3) is 10.7. The number of urea groups is 1. The summed E-state index contributed by atoms with van der Waals surface area (Å²) < 4.78 is 5.60. The molecule has 0 radical (unpaired) electrons. The highest BCUT2D eigenvalue weighted by atomic mass is 16.5. The van der Waals surface area contributed by atoms with Gasteiger partial charge in [-0.3, -0.25) is 0 Å². The minimum absolute atomic E-state index is 0.546. The summed E-state index contributed by atoms with van der Waals surface area (Å²) in [5.74, 6) is 0. The van der Waals surface area contributed by atoms with Crippen LogP contribution in [-0.2, 0) is 11.3 Å². The van der Waals surface area contributed by atoms with Crippen molar-refractivity contribution >= 4 is 11.7 Å². The van der Waals surface area contributed by atoms with E-state index in [1.54, 1.807) is 0 Å². The molecule has 0 aromatic heterocycles. The molecule has 6 N–H and O–H groups in total. The Balaban J connectivity index is 1.99. The zero-order valence-corrected chi connectivity index (χ0v) is 13.9. The first-order chi connectivity index (χ1) is 11.2. The van der Waals surface area contributed by atoms with Crippen LogP contribution in [0.3, 0.4) is 0 Å². The predicted octanol–water partition coefficient (Wildman–Crippen LogP) is 2.19. The molecule has 1 aromatic rings. The minimum atomic E-state index is -0.546. The molecule has 0 spiro atoms. The number of rotatable bonds is 13. The zero-order chi connectivity index (χ0) is 16.8. The van der Waals surface area contributed by atoms with E-state index in [-0.39, 0.29) is 0 Å². The van der Waals surface area contributed by atoms with Crippen molar-refractivity contribution in [1.82, 2.24) is 5.32 Å². The maximum atomic E-state index is 10.8. The Labute approximate surface area is 139 Å². The van der Waals surface area contributed by atoms with E-state index in [1.165, 1.54) is 12.8 Å². The monoisotopic (exact) mass is 322 g/mol. The van der Waals surface area contributed by atoms with Crippen LogP contribution in [0, 0.1) is 0 Å². The number of hydrogen-bond donors (Lipinski definition) is 4. The summed E-state index contributed by atoms with van der Waals surface area (Å²) in [5.41, 5.74) is 12.4. The molecule has 1 rings (SSSR count). The van der Waals surface area contributed by atoms with Crippen LogP contribution in [-0.4, -0.2) is 32.3 Å². The summed E-state index contributed by atoms with van der Waals surface area (Å²) >= 11 is 0. The second-order valence-corrected chi connectivity index (χ2v) is 5.54. The fourth-order valence-corrected chi connectivity index (χ4v) is 2.24. The van der Waals surface area contributed by atoms with E-state index in [0.29, 0.717) is 0 Å². The lowest BCUT2D eigenvalue weighted by molar-refractivity contribution is 0.127. The van der Waals surface area contributed by atoms with Crippen molar-refractivity contribution in [2.45, 2.75) is 38.6 Å². The molecule has 0 aliphatic carbocycles. The topological polar surface area (TPSA) is 102 Å². The molecule has 0 saturated carbocycles. The predicted molar refractivity (Wildman–Crippen MR) is 94.3 cm³/mol. The molecular weight excluding hydrogens is 292 g/mol. The van der Waals surface area contributed by atoms with E-state index in [1.807, 2.05) is 24.3 Å². The molecule has 2 amide bonds. The van der Waals surface area contributed by atoms with Gasteiger partial charge in [-0.1, -0.05) is 25.0 Å². The third-order valence-corrected chi connectivity index (χ3v) is 3.41. The fraction of sp³-hybridized carbons (Fsp3) is 0.588. The lowest BCUT2D eigenvalue weighted by Gasteiger charge is -2.08. The van der Waals surface area contributed by atoms with E-state index >= 15 is 0 Å². The Morgan fingerprint density at radius 1 is 1.09 bits per heavy atom. The van der Waals surface area contributed by atoms with Gasteiger partial charge in [0.05, 0.1) is 0 Å². The maximum absolute atomic E-state index is 10.8. The Morgan fingerprint density at radius 2 is 1.87 bits per heavy atom. The van der Waals surface area contributed by atoms with Gasteiger partial charge in [-0.25, -0.2) is 4.79 Å². The van der Waals surface area contributed by atoms with E-state index < -0.39 is 6.03 Å². The van der Waals surface area contributed by atoms with Gasteiger partial charge in [-0.15, -0.1) is 0 Å². The van der Waals surface area contributed by atoms with E-state index in [9.17, 15) is 4.79 Å². The number of amides is 2. The normalized spacial score (nSPS) is 10.7. The highest BCUT2D eigenvalue weighted by molar-refractivity contribution is 5.87.